The third-order valence-electron chi connectivity index (χ3n) is 5.88. The highest BCUT2D eigenvalue weighted by Crippen LogP contribution is 2.28. The summed E-state index contributed by atoms with van der Waals surface area (Å²) in [5.74, 6) is 1.07. The maximum Gasteiger partial charge on any atom is 0.450 e. The first kappa shape index (κ1) is 24.2. The molecule has 0 aliphatic carbocycles. The molecular formula is C29H19ClN5OS2+. The van der Waals surface area contributed by atoms with E-state index in [-0.39, 0.29) is 5.91 Å². The summed E-state index contributed by atoms with van der Waals surface area (Å²) in [5.41, 5.74) is 3.89. The van der Waals surface area contributed by atoms with Crippen molar-refractivity contribution >= 4 is 63.9 Å². The van der Waals surface area contributed by atoms with E-state index in [1.54, 1.807) is 24.3 Å². The van der Waals surface area contributed by atoms with Gasteiger partial charge in [0, 0.05) is 31.4 Å². The highest BCUT2D eigenvalue weighted by molar-refractivity contribution is 7.82. The minimum atomic E-state index is -0.253. The molecule has 38 heavy (non-hydrogen) atoms. The second-order valence-electron chi connectivity index (χ2n) is 8.39. The maximum atomic E-state index is 13.4. The highest BCUT2D eigenvalue weighted by atomic mass is 35.5. The molecule has 6 nitrogen and oxygen atoms in total. The number of hydrogen-bond acceptors (Lipinski definition) is 7. The lowest BCUT2D eigenvalue weighted by Crippen LogP contribution is -2.46. The van der Waals surface area contributed by atoms with Gasteiger partial charge in [-0.05, 0) is 72.0 Å². The number of carbonyl (C=O) groups is 1. The first-order valence-electron chi connectivity index (χ1n) is 11.7. The van der Waals surface area contributed by atoms with Crippen LogP contribution < -0.4 is 10.00 Å². The molecule has 1 N–H and O–H groups in total. The van der Waals surface area contributed by atoms with Crippen LogP contribution in [0.1, 0.15) is 10.4 Å². The molecule has 0 aliphatic heterocycles. The van der Waals surface area contributed by atoms with E-state index in [0.717, 1.165) is 27.7 Å². The van der Waals surface area contributed by atoms with Gasteiger partial charge in [-0.25, -0.2) is 14.8 Å². The Bertz CT molecular complexity index is 1770. The molecule has 0 spiro atoms. The largest absolute Gasteiger partial charge is 0.450 e. The highest BCUT2D eigenvalue weighted by Gasteiger charge is 2.29. The van der Waals surface area contributed by atoms with Gasteiger partial charge in [-0.2, -0.15) is 0 Å². The number of fused-ring (bicyclic) bond motifs is 1. The second kappa shape index (κ2) is 10.3. The van der Waals surface area contributed by atoms with E-state index in [9.17, 15) is 4.79 Å². The molecule has 0 atom stereocenters. The zero-order valence-electron chi connectivity index (χ0n) is 19.7. The van der Waals surface area contributed by atoms with Crippen LogP contribution >= 0.6 is 35.6 Å². The van der Waals surface area contributed by atoms with Gasteiger partial charge >= 0.3 is 10.9 Å². The van der Waals surface area contributed by atoms with Gasteiger partial charge in [0.1, 0.15) is 5.82 Å². The maximum absolute atomic E-state index is 13.4. The van der Waals surface area contributed by atoms with Gasteiger partial charge < -0.3 is 5.32 Å². The molecule has 2 heterocycles. The molecule has 0 fully saturated rings. The van der Waals surface area contributed by atoms with Crippen molar-refractivity contribution in [1.29, 1.82) is 0 Å². The number of carbonyl (C=O) groups excluding carboxylic acids is 1. The van der Waals surface area contributed by atoms with E-state index < -0.39 is 0 Å². The number of benzene rings is 4. The summed E-state index contributed by atoms with van der Waals surface area (Å²) in [6, 6.07) is 32.2. The summed E-state index contributed by atoms with van der Waals surface area (Å²) in [7, 11) is 0. The average Bonchev–Trinajstić information content (AvgIpc) is 3.35. The molecule has 6 rings (SSSR count). The number of aromatic nitrogens is 4. The third kappa shape index (κ3) is 4.89. The number of para-hydroxylation sites is 1. The Morgan fingerprint density at radius 3 is 2.29 bits per heavy atom. The lowest BCUT2D eigenvalue weighted by atomic mass is 10.1. The molecule has 0 bridgehead atoms. The number of halogens is 1. The minimum Gasteiger partial charge on any atom is -0.340 e. The molecule has 6 aromatic rings. The SMILES string of the molecule is O=C(c1ccc(Nc2nc(-c3ccccc3)nc3ccccc23)cc1)[n+]1nc(S)sc1-c1ccc(Cl)cc1. The molecule has 0 radical (unpaired) electrons. The van der Waals surface area contributed by atoms with Crippen molar-refractivity contribution in [3.8, 4) is 22.0 Å². The van der Waals surface area contributed by atoms with Crippen LogP contribution in [0.2, 0.25) is 5.02 Å². The van der Waals surface area contributed by atoms with Crippen LogP contribution in [0.4, 0.5) is 11.5 Å². The van der Waals surface area contributed by atoms with Crippen LogP contribution in [-0.4, -0.2) is 21.0 Å². The predicted octanol–water partition coefficient (Wildman–Crippen LogP) is 7.08. The minimum absolute atomic E-state index is 0.253. The van der Waals surface area contributed by atoms with Crippen LogP contribution in [0, 0.1) is 0 Å². The van der Waals surface area contributed by atoms with E-state index in [1.165, 1.54) is 16.0 Å². The molecule has 2 aromatic heterocycles. The molecule has 4 aromatic carbocycles. The van der Waals surface area contributed by atoms with Crippen LogP contribution in [0.3, 0.4) is 0 Å². The molecule has 184 valence electrons. The topological polar surface area (TPSA) is 71.7 Å². The van der Waals surface area contributed by atoms with Gasteiger partial charge in [-0.1, -0.05) is 54.1 Å². The zero-order chi connectivity index (χ0) is 26.1. The van der Waals surface area contributed by atoms with Crippen LogP contribution in [0.15, 0.2) is 107 Å². The Morgan fingerprint density at radius 2 is 1.53 bits per heavy atom. The third-order valence-corrected chi connectivity index (χ3v) is 7.36. The standard InChI is InChI=1S/C29H18ClN5OS2/c30-21-14-10-20(11-15-21)28-35(34-29(37)38-28)27(36)19-12-16-22(17-13-19)31-26-23-8-4-5-9-24(23)32-25(33-26)18-6-2-1-3-7-18/h1-17H,(H-,31,32,33,34,36,37)/p+1. The molecule has 0 amide bonds. The number of nitrogens with zero attached hydrogens (tertiary/aromatic N) is 4. The first-order valence-corrected chi connectivity index (χ1v) is 13.3. The van der Waals surface area contributed by atoms with Crippen molar-refractivity contribution in [2.45, 2.75) is 4.34 Å². The van der Waals surface area contributed by atoms with Gasteiger partial charge in [0.2, 0.25) is 4.34 Å². The van der Waals surface area contributed by atoms with Crippen molar-refractivity contribution in [1.82, 2.24) is 15.1 Å². The fraction of sp³-hybridized carbons (Fsp3) is 0. The number of anilines is 2. The molecule has 0 unspecified atom stereocenters. The summed E-state index contributed by atoms with van der Waals surface area (Å²) in [5, 5.41) is 9.94. The fourth-order valence-electron chi connectivity index (χ4n) is 4.04. The molecule has 9 heteroatoms. The smallest absolute Gasteiger partial charge is 0.340 e. The van der Waals surface area contributed by atoms with Crippen LogP contribution in [-0.2, 0) is 0 Å². The lowest BCUT2D eigenvalue weighted by Gasteiger charge is -2.11. The Balaban J connectivity index is 1.31. The molecular weight excluding hydrogens is 534 g/mol. The number of nitrogens with one attached hydrogen (secondary N) is 1. The monoisotopic (exact) mass is 552 g/mol. The normalized spacial score (nSPS) is 11.0. The van der Waals surface area contributed by atoms with E-state index in [0.29, 0.717) is 31.6 Å². The van der Waals surface area contributed by atoms with Crippen LogP contribution in [0.25, 0.3) is 32.9 Å². The molecule has 0 saturated carbocycles. The Morgan fingerprint density at radius 1 is 0.816 bits per heavy atom. The summed E-state index contributed by atoms with van der Waals surface area (Å²) < 4.78 is 1.87. The summed E-state index contributed by atoms with van der Waals surface area (Å²) in [4.78, 5) is 22.9. The average molecular weight is 553 g/mol. The zero-order valence-corrected chi connectivity index (χ0v) is 22.2. The summed E-state index contributed by atoms with van der Waals surface area (Å²) in [6.45, 7) is 0. The van der Waals surface area contributed by atoms with Gasteiger partial charge in [0.05, 0.1) is 16.6 Å². The van der Waals surface area contributed by atoms with Crippen molar-refractivity contribution in [2.24, 2.45) is 0 Å². The second-order valence-corrected chi connectivity index (χ2v) is 10.5. The van der Waals surface area contributed by atoms with Gasteiger partial charge in [0.15, 0.2) is 5.82 Å². The fourth-order valence-corrected chi connectivity index (χ4v) is 5.27. The number of rotatable bonds is 5. The van der Waals surface area contributed by atoms with Gasteiger partial charge in [-0.15, -0.1) is 12.6 Å². The number of hydrogen-bond donors (Lipinski definition) is 2. The van der Waals surface area contributed by atoms with E-state index >= 15 is 0 Å². The summed E-state index contributed by atoms with van der Waals surface area (Å²) in [6.07, 6.45) is 0. The lowest BCUT2D eigenvalue weighted by molar-refractivity contribution is -0.621. The van der Waals surface area contributed by atoms with Crippen molar-refractivity contribution in [3.05, 3.63) is 114 Å². The Hall–Kier alpha value is -4.11. The summed E-state index contributed by atoms with van der Waals surface area (Å²) >= 11 is 11.7. The van der Waals surface area contributed by atoms with Crippen molar-refractivity contribution in [2.75, 3.05) is 5.32 Å². The predicted molar refractivity (Wildman–Crippen MR) is 154 cm³/mol. The van der Waals surface area contributed by atoms with Gasteiger partial charge in [0.25, 0.3) is 0 Å². The molecule has 0 aliphatic rings. The first-order chi connectivity index (χ1) is 18.5. The van der Waals surface area contributed by atoms with Crippen molar-refractivity contribution in [3.63, 3.8) is 0 Å². The van der Waals surface area contributed by atoms with Gasteiger partial charge in [-0.3, -0.25) is 0 Å². The number of thiol groups is 1. The van der Waals surface area contributed by atoms with E-state index in [1.807, 2.05) is 78.9 Å². The Kier molecular flexibility index (Phi) is 6.59. The van der Waals surface area contributed by atoms with Crippen LogP contribution in [0.5, 0.6) is 0 Å². The van der Waals surface area contributed by atoms with Crippen molar-refractivity contribution < 1.29 is 9.48 Å². The van der Waals surface area contributed by atoms with E-state index in [4.69, 9.17) is 21.6 Å². The Labute approximate surface area is 233 Å². The quantitative estimate of drug-likeness (QED) is 0.177. The molecule has 0 saturated heterocycles. The van der Waals surface area contributed by atoms with E-state index in [2.05, 4.69) is 23.0 Å².